The van der Waals surface area contributed by atoms with Crippen LogP contribution in [0.15, 0.2) is 110 Å². The highest BCUT2D eigenvalue weighted by Gasteiger charge is 2.20. The zero-order chi connectivity index (χ0) is 24.1. The van der Waals surface area contributed by atoms with E-state index in [4.69, 9.17) is 20.5 Å². The van der Waals surface area contributed by atoms with Gasteiger partial charge in [-0.3, -0.25) is 4.99 Å². The van der Waals surface area contributed by atoms with Crippen LogP contribution < -0.4 is 8.92 Å². The fraction of sp³-hybridized carbons (Fsp3) is 0. The van der Waals surface area contributed by atoms with Gasteiger partial charge >= 0.3 is 10.1 Å². The molecule has 0 amide bonds. The molecule has 9 heteroatoms. The van der Waals surface area contributed by atoms with Crippen molar-refractivity contribution in [2.24, 2.45) is 4.99 Å². The van der Waals surface area contributed by atoms with E-state index in [1.807, 2.05) is 54.6 Å². The molecule has 0 spiro atoms. The quantitative estimate of drug-likeness (QED) is 0.154. The molecule has 5 nitrogen and oxygen atoms in total. The maximum Gasteiger partial charge on any atom is 0.339 e. The number of hydrogen-bond acceptors (Lipinski definition) is 5. The number of para-hydroxylation sites is 1. The Labute approximate surface area is 219 Å². The normalized spacial score (nSPS) is 11.5. The van der Waals surface area contributed by atoms with Crippen molar-refractivity contribution in [2.45, 2.75) is 4.90 Å². The first-order valence-electron chi connectivity index (χ1n) is 9.86. The summed E-state index contributed by atoms with van der Waals surface area (Å²) < 4.78 is 37.3. The Morgan fingerprint density at radius 1 is 0.794 bits per heavy atom. The van der Waals surface area contributed by atoms with Gasteiger partial charge in [0.2, 0.25) is 0 Å². The topological polar surface area (TPSA) is 65.0 Å². The number of benzene rings is 4. The molecule has 0 atom stereocenters. The van der Waals surface area contributed by atoms with E-state index in [2.05, 4.69) is 36.9 Å². The lowest BCUT2D eigenvalue weighted by Gasteiger charge is -2.11. The maximum atomic E-state index is 12.6. The van der Waals surface area contributed by atoms with Crippen LogP contribution in [0.25, 0.3) is 0 Å². The van der Waals surface area contributed by atoms with Gasteiger partial charge < -0.3 is 8.92 Å². The van der Waals surface area contributed by atoms with Gasteiger partial charge in [0.1, 0.15) is 16.4 Å². The molecular weight excluding hydrogens is 606 g/mol. The van der Waals surface area contributed by atoms with Gasteiger partial charge in [-0.15, -0.1) is 0 Å². The Bertz CT molecular complexity index is 1400. The molecule has 0 aliphatic heterocycles. The predicted molar refractivity (Wildman–Crippen MR) is 141 cm³/mol. The highest BCUT2D eigenvalue weighted by Crippen LogP contribution is 2.36. The number of aliphatic imine (C=N–C) groups is 1. The first-order chi connectivity index (χ1) is 16.3. The average molecular weight is 622 g/mol. The van der Waals surface area contributed by atoms with Crippen molar-refractivity contribution in [1.82, 2.24) is 0 Å². The van der Waals surface area contributed by atoms with Gasteiger partial charge in [-0.25, -0.2) is 0 Å². The second kappa shape index (κ2) is 10.7. The van der Waals surface area contributed by atoms with Crippen LogP contribution in [0, 0.1) is 0 Å². The summed E-state index contributed by atoms with van der Waals surface area (Å²) in [7, 11) is -4.03. The fourth-order valence-corrected chi connectivity index (χ4v) is 5.56. The van der Waals surface area contributed by atoms with Crippen molar-refractivity contribution >= 4 is 65.5 Å². The SMILES string of the molecule is O=S(=O)(Oc1c(Br)cc(C=Nc2ccc(Oc3ccccc3)cc2)cc1Br)c1ccc(Cl)cc1. The summed E-state index contributed by atoms with van der Waals surface area (Å²) in [5.74, 6) is 1.60. The zero-order valence-corrected chi connectivity index (χ0v) is 22.1. The average Bonchev–Trinajstić information content (AvgIpc) is 2.82. The monoisotopic (exact) mass is 619 g/mol. The second-order valence-electron chi connectivity index (χ2n) is 6.97. The number of nitrogens with zero attached hydrogens (tertiary/aromatic N) is 1. The van der Waals surface area contributed by atoms with Gasteiger partial charge in [0.15, 0.2) is 5.75 Å². The maximum absolute atomic E-state index is 12.6. The van der Waals surface area contributed by atoms with Crippen LogP contribution in [0.2, 0.25) is 5.02 Å². The van der Waals surface area contributed by atoms with E-state index in [0.29, 0.717) is 19.7 Å². The van der Waals surface area contributed by atoms with Crippen molar-refractivity contribution in [3.05, 3.63) is 111 Å². The predicted octanol–water partition coefficient (Wildman–Crippen LogP) is 8.18. The highest BCUT2D eigenvalue weighted by molar-refractivity contribution is 9.11. The molecule has 0 heterocycles. The van der Waals surface area contributed by atoms with Crippen molar-refractivity contribution in [1.29, 1.82) is 0 Å². The van der Waals surface area contributed by atoms with E-state index in [-0.39, 0.29) is 10.6 Å². The largest absolute Gasteiger partial charge is 0.457 e. The van der Waals surface area contributed by atoms with Gasteiger partial charge in [-0.05, 0) is 110 Å². The molecule has 0 radical (unpaired) electrons. The third-order valence-corrected chi connectivity index (χ3v) is 7.16. The minimum Gasteiger partial charge on any atom is -0.457 e. The van der Waals surface area contributed by atoms with Gasteiger partial charge in [0, 0.05) is 11.2 Å². The Morgan fingerprint density at radius 2 is 1.38 bits per heavy atom. The lowest BCUT2D eigenvalue weighted by Crippen LogP contribution is -2.10. The lowest BCUT2D eigenvalue weighted by molar-refractivity contribution is 0.482. The van der Waals surface area contributed by atoms with E-state index in [0.717, 1.165) is 17.0 Å². The molecule has 0 aliphatic rings. The molecule has 4 rings (SSSR count). The van der Waals surface area contributed by atoms with Crippen molar-refractivity contribution in [3.8, 4) is 17.2 Å². The van der Waals surface area contributed by atoms with Crippen molar-refractivity contribution in [3.63, 3.8) is 0 Å². The van der Waals surface area contributed by atoms with Crippen molar-refractivity contribution < 1.29 is 17.3 Å². The zero-order valence-electron chi connectivity index (χ0n) is 17.4. The molecule has 0 aliphatic carbocycles. The lowest BCUT2D eigenvalue weighted by atomic mass is 10.2. The summed E-state index contributed by atoms with van der Waals surface area (Å²) >= 11 is 12.6. The molecule has 0 bridgehead atoms. The Kier molecular flexibility index (Phi) is 7.73. The van der Waals surface area contributed by atoms with Crippen LogP contribution in [0.4, 0.5) is 5.69 Å². The molecule has 0 fully saturated rings. The molecule has 4 aromatic carbocycles. The van der Waals surface area contributed by atoms with Crippen LogP contribution in [0.1, 0.15) is 5.56 Å². The van der Waals surface area contributed by atoms with E-state index >= 15 is 0 Å². The summed E-state index contributed by atoms with van der Waals surface area (Å²) in [6, 6.07) is 26.1. The molecule has 0 N–H and O–H groups in total. The summed E-state index contributed by atoms with van der Waals surface area (Å²) in [5, 5.41) is 0.434. The minimum absolute atomic E-state index is 0.000954. The summed E-state index contributed by atoms with van der Waals surface area (Å²) in [6.07, 6.45) is 1.67. The smallest absolute Gasteiger partial charge is 0.339 e. The Hall–Kier alpha value is -2.65. The van der Waals surface area contributed by atoms with Crippen LogP contribution in [-0.2, 0) is 10.1 Å². The van der Waals surface area contributed by atoms with Crippen LogP contribution >= 0.6 is 43.5 Å². The molecule has 0 saturated heterocycles. The van der Waals surface area contributed by atoms with Gasteiger partial charge in [-0.2, -0.15) is 8.42 Å². The fourth-order valence-electron chi connectivity index (χ4n) is 2.87. The third-order valence-electron chi connectivity index (χ3n) is 4.49. The number of halogens is 3. The summed E-state index contributed by atoms with van der Waals surface area (Å²) in [6.45, 7) is 0. The molecule has 0 saturated carbocycles. The summed E-state index contributed by atoms with van der Waals surface area (Å²) in [5.41, 5.74) is 1.47. The molecule has 0 unspecified atom stereocenters. The Balaban J connectivity index is 1.48. The molecule has 0 aromatic heterocycles. The van der Waals surface area contributed by atoms with E-state index < -0.39 is 10.1 Å². The first kappa shape index (κ1) is 24.5. The molecule has 34 heavy (non-hydrogen) atoms. The van der Waals surface area contributed by atoms with E-state index in [9.17, 15) is 8.42 Å². The van der Waals surface area contributed by atoms with Crippen LogP contribution in [0.5, 0.6) is 17.2 Å². The van der Waals surface area contributed by atoms with Crippen LogP contribution in [-0.4, -0.2) is 14.6 Å². The number of rotatable bonds is 7. The number of ether oxygens (including phenoxy) is 1. The second-order valence-corrected chi connectivity index (χ2v) is 10.7. The Morgan fingerprint density at radius 3 is 2.00 bits per heavy atom. The van der Waals surface area contributed by atoms with Gasteiger partial charge in [-0.1, -0.05) is 29.8 Å². The number of hydrogen-bond donors (Lipinski definition) is 0. The van der Waals surface area contributed by atoms with E-state index in [1.54, 1.807) is 18.3 Å². The summed E-state index contributed by atoms with van der Waals surface area (Å²) in [4.78, 5) is 4.47. The van der Waals surface area contributed by atoms with Crippen LogP contribution in [0.3, 0.4) is 0 Å². The standard InChI is InChI=1S/C25H16Br2ClNO4S/c26-23-14-17(15-24(27)25(23)33-34(30,31)22-12-6-18(28)7-13-22)16-29-19-8-10-21(11-9-19)32-20-4-2-1-3-5-20/h1-16H. The minimum atomic E-state index is -4.03. The van der Waals surface area contributed by atoms with Crippen molar-refractivity contribution in [2.75, 3.05) is 0 Å². The molecule has 172 valence electrons. The highest BCUT2D eigenvalue weighted by atomic mass is 79.9. The first-order valence-corrected chi connectivity index (χ1v) is 13.2. The van der Waals surface area contributed by atoms with Gasteiger partial charge in [0.05, 0.1) is 14.6 Å². The third kappa shape index (κ3) is 6.27. The molecule has 4 aromatic rings. The molecular formula is C25H16Br2ClNO4S. The van der Waals surface area contributed by atoms with Gasteiger partial charge in [0.25, 0.3) is 0 Å². The van der Waals surface area contributed by atoms with E-state index in [1.165, 1.54) is 24.3 Å².